The van der Waals surface area contributed by atoms with Crippen molar-refractivity contribution in [1.82, 2.24) is 15.0 Å². The van der Waals surface area contributed by atoms with Crippen LogP contribution in [-0.2, 0) is 13.1 Å². The molecule has 0 aliphatic heterocycles. The highest BCUT2D eigenvalue weighted by Crippen LogP contribution is 2.36. The van der Waals surface area contributed by atoms with Gasteiger partial charge in [-0.15, -0.1) is 0 Å². The molecule has 2 heterocycles. The lowest BCUT2D eigenvalue weighted by Gasteiger charge is -2.19. The normalized spacial score (nSPS) is 11.2. The van der Waals surface area contributed by atoms with Crippen molar-refractivity contribution in [2.24, 2.45) is 0 Å². The van der Waals surface area contributed by atoms with E-state index in [-0.39, 0.29) is 0 Å². The zero-order valence-electron chi connectivity index (χ0n) is 17.7. The fraction of sp³-hybridized carbons (Fsp3) is 0.250. The fourth-order valence-electron chi connectivity index (χ4n) is 3.70. The molecule has 0 aliphatic carbocycles. The van der Waals surface area contributed by atoms with E-state index in [0.717, 1.165) is 44.9 Å². The second-order valence-electron chi connectivity index (χ2n) is 7.39. The average Bonchev–Trinajstić information content (AvgIpc) is 3.25. The van der Waals surface area contributed by atoms with Gasteiger partial charge in [-0.25, -0.2) is 4.98 Å². The van der Waals surface area contributed by atoms with E-state index in [4.69, 9.17) is 19.0 Å². The SMILES string of the molecule is COc1ccc(OC)c2nc(-c3cccc(C)c3)c(CN(C)Cc3ccon3)cc12. The molecule has 2 aromatic carbocycles. The number of nitrogens with zero attached hydrogens (tertiary/aromatic N) is 3. The van der Waals surface area contributed by atoms with Gasteiger partial charge in [0, 0.05) is 30.1 Å². The van der Waals surface area contributed by atoms with Crippen LogP contribution in [0.25, 0.3) is 22.2 Å². The molecule has 0 bridgehead atoms. The molecular weight excluding hydrogens is 378 g/mol. The number of methoxy groups -OCH3 is 2. The number of pyridine rings is 1. The highest BCUT2D eigenvalue weighted by atomic mass is 16.5. The van der Waals surface area contributed by atoms with Crippen molar-refractivity contribution in [2.45, 2.75) is 20.0 Å². The first kappa shape index (κ1) is 19.9. The Balaban J connectivity index is 1.85. The fourth-order valence-corrected chi connectivity index (χ4v) is 3.70. The molecule has 154 valence electrons. The molecule has 0 aliphatic rings. The molecule has 0 spiro atoms. The van der Waals surface area contributed by atoms with Crippen LogP contribution in [0.1, 0.15) is 16.8 Å². The summed E-state index contributed by atoms with van der Waals surface area (Å²) in [6, 6.07) is 16.2. The average molecular weight is 403 g/mol. The van der Waals surface area contributed by atoms with Gasteiger partial charge >= 0.3 is 0 Å². The van der Waals surface area contributed by atoms with E-state index in [1.807, 2.05) is 18.2 Å². The summed E-state index contributed by atoms with van der Waals surface area (Å²) in [4.78, 5) is 7.24. The van der Waals surface area contributed by atoms with Crippen molar-refractivity contribution in [2.75, 3.05) is 21.3 Å². The van der Waals surface area contributed by atoms with Crippen molar-refractivity contribution in [1.29, 1.82) is 0 Å². The van der Waals surface area contributed by atoms with Gasteiger partial charge < -0.3 is 14.0 Å². The minimum Gasteiger partial charge on any atom is -0.496 e. The molecule has 0 radical (unpaired) electrons. The van der Waals surface area contributed by atoms with Crippen molar-refractivity contribution in [3.63, 3.8) is 0 Å². The Morgan fingerprint density at radius 3 is 2.47 bits per heavy atom. The van der Waals surface area contributed by atoms with E-state index in [1.165, 1.54) is 5.56 Å². The number of ether oxygens (including phenoxy) is 2. The predicted octanol–water partition coefficient (Wildman–Crippen LogP) is 4.85. The number of hydrogen-bond acceptors (Lipinski definition) is 6. The number of aryl methyl sites for hydroxylation is 1. The molecule has 0 amide bonds. The van der Waals surface area contributed by atoms with Crippen LogP contribution in [0.3, 0.4) is 0 Å². The van der Waals surface area contributed by atoms with Crippen LogP contribution in [0.5, 0.6) is 11.5 Å². The monoisotopic (exact) mass is 403 g/mol. The number of aromatic nitrogens is 2. The number of fused-ring (bicyclic) bond motifs is 1. The van der Waals surface area contributed by atoms with Crippen LogP contribution in [0.15, 0.2) is 59.3 Å². The maximum Gasteiger partial charge on any atom is 0.145 e. The van der Waals surface area contributed by atoms with Crippen LogP contribution in [-0.4, -0.2) is 36.3 Å². The third-order valence-corrected chi connectivity index (χ3v) is 5.08. The van der Waals surface area contributed by atoms with E-state index in [2.05, 4.69) is 54.4 Å². The van der Waals surface area contributed by atoms with Gasteiger partial charge in [-0.1, -0.05) is 28.9 Å². The third kappa shape index (κ3) is 4.00. The van der Waals surface area contributed by atoms with Gasteiger partial charge in [-0.3, -0.25) is 4.90 Å². The molecule has 30 heavy (non-hydrogen) atoms. The Morgan fingerprint density at radius 2 is 1.77 bits per heavy atom. The van der Waals surface area contributed by atoms with Gasteiger partial charge in [0.15, 0.2) is 0 Å². The highest BCUT2D eigenvalue weighted by molar-refractivity contribution is 5.92. The van der Waals surface area contributed by atoms with Gasteiger partial charge in [-0.2, -0.15) is 0 Å². The van der Waals surface area contributed by atoms with E-state index in [1.54, 1.807) is 20.5 Å². The van der Waals surface area contributed by atoms with Crippen molar-refractivity contribution in [3.8, 4) is 22.8 Å². The van der Waals surface area contributed by atoms with Crippen molar-refractivity contribution >= 4 is 10.9 Å². The Hall–Kier alpha value is -3.38. The second-order valence-corrected chi connectivity index (χ2v) is 7.39. The van der Waals surface area contributed by atoms with Crippen LogP contribution >= 0.6 is 0 Å². The van der Waals surface area contributed by atoms with Gasteiger partial charge in [0.2, 0.25) is 0 Å². The first-order valence-corrected chi connectivity index (χ1v) is 9.78. The summed E-state index contributed by atoms with van der Waals surface area (Å²) in [5.74, 6) is 1.50. The summed E-state index contributed by atoms with van der Waals surface area (Å²) in [5.41, 5.74) is 5.98. The van der Waals surface area contributed by atoms with Crippen LogP contribution in [0.2, 0.25) is 0 Å². The maximum atomic E-state index is 5.61. The van der Waals surface area contributed by atoms with Gasteiger partial charge in [-0.05, 0) is 43.8 Å². The summed E-state index contributed by atoms with van der Waals surface area (Å²) in [5, 5.41) is 4.95. The maximum absolute atomic E-state index is 5.61. The number of benzene rings is 2. The zero-order chi connectivity index (χ0) is 21.1. The predicted molar refractivity (Wildman–Crippen MR) is 117 cm³/mol. The lowest BCUT2D eigenvalue weighted by Crippen LogP contribution is -2.18. The third-order valence-electron chi connectivity index (χ3n) is 5.08. The largest absolute Gasteiger partial charge is 0.496 e. The molecule has 0 fully saturated rings. The lowest BCUT2D eigenvalue weighted by atomic mass is 10.0. The quantitative estimate of drug-likeness (QED) is 0.440. The molecule has 0 saturated heterocycles. The van der Waals surface area contributed by atoms with Crippen LogP contribution in [0.4, 0.5) is 0 Å². The summed E-state index contributed by atoms with van der Waals surface area (Å²) in [6.07, 6.45) is 1.59. The van der Waals surface area contributed by atoms with Gasteiger partial charge in [0.25, 0.3) is 0 Å². The minimum atomic E-state index is 0.678. The summed E-state index contributed by atoms with van der Waals surface area (Å²) < 4.78 is 16.2. The molecule has 6 heteroatoms. The molecule has 4 rings (SSSR count). The highest BCUT2D eigenvalue weighted by Gasteiger charge is 2.17. The van der Waals surface area contributed by atoms with E-state index >= 15 is 0 Å². The van der Waals surface area contributed by atoms with E-state index in [0.29, 0.717) is 13.1 Å². The first-order chi connectivity index (χ1) is 14.6. The molecular formula is C24H25N3O3. The summed E-state index contributed by atoms with van der Waals surface area (Å²) >= 11 is 0. The Kier molecular flexibility index (Phi) is 5.68. The molecule has 2 aromatic heterocycles. The lowest BCUT2D eigenvalue weighted by molar-refractivity contribution is 0.304. The first-order valence-electron chi connectivity index (χ1n) is 9.78. The van der Waals surface area contributed by atoms with Crippen LogP contribution in [0, 0.1) is 6.92 Å². The van der Waals surface area contributed by atoms with E-state index in [9.17, 15) is 0 Å². The number of hydrogen-bond donors (Lipinski definition) is 0. The Morgan fingerprint density at radius 1 is 0.967 bits per heavy atom. The second kappa shape index (κ2) is 8.55. The standard InChI is InChI=1S/C24H25N3O3/c1-16-6-5-7-17(12-16)23-18(14-27(2)15-19-10-11-30-26-19)13-20-21(28-3)8-9-22(29-4)24(20)25-23/h5-13H,14-15H2,1-4H3. The van der Waals surface area contributed by atoms with Crippen molar-refractivity contribution < 1.29 is 14.0 Å². The molecule has 0 atom stereocenters. The smallest absolute Gasteiger partial charge is 0.145 e. The van der Waals surface area contributed by atoms with Gasteiger partial charge in [0.05, 0.1) is 25.6 Å². The van der Waals surface area contributed by atoms with Gasteiger partial charge in [0.1, 0.15) is 23.3 Å². The molecule has 0 saturated carbocycles. The summed E-state index contributed by atoms with van der Waals surface area (Å²) in [6.45, 7) is 3.46. The van der Waals surface area contributed by atoms with E-state index < -0.39 is 0 Å². The molecule has 4 aromatic rings. The summed E-state index contributed by atoms with van der Waals surface area (Å²) in [7, 11) is 5.39. The molecule has 0 unspecified atom stereocenters. The van der Waals surface area contributed by atoms with Crippen LogP contribution < -0.4 is 9.47 Å². The topological polar surface area (TPSA) is 60.6 Å². The minimum absolute atomic E-state index is 0.678. The molecule has 0 N–H and O–H groups in total. The number of rotatable bonds is 7. The zero-order valence-corrected chi connectivity index (χ0v) is 17.7. The molecule has 6 nitrogen and oxygen atoms in total. The van der Waals surface area contributed by atoms with Crippen molar-refractivity contribution in [3.05, 3.63) is 71.6 Å². The Labute approximate surface area is 176 Å². The Bertz CT molecular complexity index is 1160.